The number of methoxy groups -OCH3 is 1. The van der Waals surface area contributed by atoms with Crippen LogP contribution in [0.15, 0.2) is 24.3 Å². The molecular formula is C18H26N2O4. The van der Waals surface area contributed by atoms with Crippen LogP contribution in [0, 0.1) is 0 Å². The van der Waals surface area contributed by atoms with Crippen molar-refractivity contribution in [2.75, 3.05) is 33.3 Å². The van der Waals surface area contributed by atoms with E-state index >= 15 is 0 Å². The van der Waals surface area contributed by atoms with Gasteiger partial charge in [0.1, 0.15) is 11.8 Å². The van der Waals surface area contributed by atoms with E-state index in [1.807, 2.05) is 41.0 Å². The molecule has 132 valence electrons. The third-order valence-electron chi connectivity index (χ3n) is 4.49. The molecule has 0 radical (unpaired) electrons. The standard InChI is InChI=1S/C18H26N2O4/c1-3-16(18(22)23)19-8-5-9-20(11-10-19)17(21)13-14-6-4-7-15(12-14)24-2/h4,6-7,12,16H,3,5,8-11,13H2,1-2H3,(H,22,23). The van der Waals surface area contributed by atoms with E-state index in [1.54, 1.807) is 7.11 Å². The van der Waals surface area contributed by atoms with Crippen LogP contribution in [0.1, 0.15) is 25.3 Å². The second-order valence-electron chi connectivity index (χ2n) is 6.06. The Morgan fingerprint density at radius 3 is 2.71 bits per heavy atom. The predicted octanol–water partition coefficient (Wildman–Crippen LogP) is 1.64. The van der Waals surface area contributed by atoms with Gasteiger partial charge < -0.3 is 14.7 Å². The Hall–Kier alpha value is -2.08. The van der Waals surface area contributed by atoms with Crippen molar-refractivity contribution in [2.24, 2.45) is 0 Å². The molecule has 24 heavy (non-hydrogen) atoms. The van der Waals surface area contributed by atoms with Crippen molar-refractivity contribution in [3.8, 4) is 5.75 Å². The van der Waals surface area contributed by atoms with Crippen molar-refractivity contribution in [3.05, 3.63) is 29.8 Å². The first-order chi connectivity index (χ1) is 11.5. The smallest absolute Gasteiger partial charge is 0.320 e. The number of carbonyl (C=O) groups is 2. The number of benzene rings is 1. The van der Waals surface area contributed by atoms with Crippen molar-refractivity contribution < 1.29 is 19.4 Å². The van der Waals surface area contributed by atoms with Crippen LogP contribution < -0.4 is 4.74 Å². The Morgan fingerprint density at radius 1 is 1.25 bits per heavy atom. The lowest BCUT2D eigenvalue weighted by atomic mass is 10.1. The van der Waals surface area contributed by atoms with Crippen LogP contribution in [0.5, 0.6) is 5.75 Å². The highest BCUT2D eigenvalue weighted by atomic mass is 16.5. The minimum Gasteiger partial charge on any atom is -0.497 e. The zero-order valence-electron chi connectivity index (χ0n) is 14.4. The Balaban J connectivity index is 1.95. The molecule has 1 aromatic carbocycles. The first-order valence-corrected chi connectivity index (χ1v) is 8.42. The number of carbonyl (C=O) groups excluding carboxylic acids is 1. The third-order valence-corrected chi connectivity index (χ3v) is 4.49. The average molecular weight is 334 g/mol. The molecular weight excluding hydrogens is 308 g/mol. The normalized spacial score (nSPS) is 17.2. The lowest BCUT2D eigenvalue weighted by molar-refractivity contribution is -0.143. The molecule has 1 amide bonds. The van der Waals surface area contributed by atoms with Crippen LogP contribution in [-0.4, -0.2) is 66.1 Å². The molecule has 1 aliphatic rings. The number of amides is 1. The summed E-state index contributed by atoms with van der Waals surface area (Å²) in [5, 5.41) is 9.30. The Morgan fingerprint density at radius 2 is 2.04 bits per heavy atom. The summed E-state index contributed by atoms with van der Waals surface area (Å²) < 4.78 is 5.19. The highest BCUT2D eigenvalue weighted by Gasteiger charge is 2.27. The number of hydrogen-bond donors (Lipinski definition) is 1. The fraction of sp³-hybridized carbons (Fsp3) is 0.556. The zero-order chi connectivity index (χ0) is 17.5. The van der Waals surface area contributed by atoms with E-state index < -0.39 is 12.0 Å². The van der Waals surface area contributed by atoms with Crippen molar-refractivity contribution in [1.82, 2.24) is 9.80 Å². The Bertz CT molecular complexity index is 576. The monoisotopic (exact) mass is 334 g/mol. The van der Waals surface area contributed by atoms with Crippen molar-refractivity contribution >= 4 is 11.9 Å². The maximum atomic E-state index is 12.6. The molecule has 0 aliphatic carbocycles. The SMILES string of the molecule is CCC(C(=O)O)N1CCCN(C(=O)Cc2cccc(OC)c2)CC1. The fourth-order valence-electron chi connectivity index (χ4n) is 3.16. The van der Waals surface area contributed by atoms with Crippen molar-refractivity contribution in [1.29, 1.82) is 0 Å². The second kappa shape index (κ2) is 8.68. The minimum atomic E-state index is -0.784. The highest BCUT2D eigenvalue weighted by Crippen LogP contribution is 2.15. The number of ether oxygens (including phenoxy) is 1. The van der Waals surface area contributed by atoms with Gasteiger partial charge in [0.05, 0.1) is 13.5 Å². The van der Waals surface area contributed by atoms with Crippen LogP contribution in [0.25, 0.3) is 0 Å². The molecule has 2 rings (SSSR count). The van der Waals surface area contributed by atoms with Gasteiger partial charge in [-0.05, 0) is 30.5 Å². The quantitative estimate of drug-likeness (QED) is 0.856. The summed E-state index contributed by atoms with van der Waals surface area (Å²) in [6.45, 7) is 4.46. The molecule has 1 unspecified atom stereocenters. The number of aliphatic carboxylic acids is 1. The summed E-state index contributed by atoms with van der Waals surface area (Å²) >= 11 is 0. The summed E-state index contributed by atoms with van der Waals surface area (Å²) in [7, 11) is 1.61. The summed E-state index contributed by atoms with van der Waals surface area (Å²) in [6.07, 6.45) is 1.72. The molecule has 1 aromatic rings. The third kappa shape index (κ3) is 4.71. The lowest BCUT2D eigenvalue weighted by Gasteiger charge is -2.26. The average Bonchev–Trinajstić information content (AvgIpc) is 2.81. The van der Waals surface area contributed by atoms with Gasteiger partial charge in [0, 0.05) is 26.2 Å². The van der Waals surface area contributed by atoms with E-state index in [0.717, 1.165) is 17.7 Å². The van der Waals surface area contributed by atoms with Crippen LogP contribution in [0.4, 0.5) is 0 Å². The van der Waals surface area contributed by atoms with Gasteiger partial charge in [-0.25, -0.2) is 0 Å². The molecule has 1 fully saturated rings. The molecule has 0 aromatic heterocycles. The number of carboxylic acids is 1. The second-order valence-corrected chi connectivity index (χ2v) is 6.06. The number of carboxylic acid groups (broad SMARTS) is 1. The topological polar surface area (TPSA) is 70.1 Å². The van der Waals surface area contributed by atoms with Crippen molar-refractivity contribution in [3.63, 3.8) is 0 Å². The lowest BCUT2D eigenvalue weighted by Crippen LogP contribution is -2.43. The number of hydrogen-bond acceptors (Lipinski definition) is 4. The minimum absolute atomic E-state index is 0.0773. The maximum Gasteiger partial charge on any atom is 0.320 e. The molecule has 6 heteroatoms. The van der Waals surface area contributed by atoms with Crippen LogP contribution in [0.3, 0.4) is 0 Å². The number of nitrogens with zero attached hydrogens (tertiary/aromatic N) is 2. The summed E-state index contributed by atoms with van der Waals surface area (Å²) in [5.41, 5.74) is 0.928. The Labute approximate surface area is 143 Å². The largest absolute Gasteiger partial charge is 0.497 e. The van der Waals surface area contributed by atoms with E-state index in [0.29, 0.717) is 39.0 Å². The summed E-state index contributed by atoms with van der Waals surface area (Å²) in [6, 6.07) is 7.07. The number of rotatable bonds is 6. The molecule has 1 atom stereocenters. The molecule has 0 spiro atoms. The summed E-state index contributed by atoms with van der Waals surface area (Å²) in [4.78, 5) is 27.7. The molecule has 1 N–H and O–H groups in total. The first-order valence-electron chi connectivity index (χ1n) is 8.42. The van der Waals surface area contributed by atoms with Crippen LogP contribution in [-0.2, 0) is 16.0 Å². The van der Waals surface area contributed by atoms with E-state index in [2.05, 4.69) is 0 Å². The molecule has 1 saturated heterocycles. The Kier molecular flexibility index (Phi) is 6.61. The van der Waals surface area contributed by atoms with Gasteiger partial charge in [-0.3, -0.25) is 14.5 Å². The van der Waals surface area contributed by atoms with Gasteiger partial charge in [-0.2, -0.15) is 0 Å². The highest BCUT2D eigenvalue weighted by molar-refractivity contribution is 5.79. The fourth-order valence-corrected chi connectivity index (χ4v) is 3.16. The molecule has 0 bridgehead atoms. The van der Waals surface area contributed by atoms with Gasteiger partial charge in [-0.1, -0.05) is 19.1 Å². The van der Waals surface area contributed by atoms with Crippen LogP contribution in [0.2, 0.25) is 0 Å². The first kappa shape index (κ1) is 18.3. The molecule has 1 aliphatic heterocycles. The molecule has 0 saturated carbocycles. The van der Waals surface area contributed by atoms with Crippen LogP contribution >= 0.6 is 0 Å². The maximum absolute atomic E-state index is 12.6. The van der Waals surface area contributed by atoms with Gasteiger partial charge in [0.25, 0.3) is 0 Å². The predicted molar refractivity (Wildman–Crippen MR) is 91.2 cm³/mol. The zero-order valence-corrected chi connectivity index (χ0v) is 14.4. The van der Waals surface area contributed by atoms with E-state index in [4.69, 9.17) is 4.74 Å². The molecule has 1 heterocycles. The summed E-state index contributed by atoms with van der Waals surface area (Å²) in [5.74, 6) is 0.0386. The van der Waals surface area contributed by atoms with E-state index in [-0.39, 0.29) is 5.91 Å². The molecule has 6 nitrogen and oxygen atoms in total. The van der Waals surface area contributed by atoms with E-state index in [9.17, 15) is 14.7 Å². The van der Waals surface area contributed by atoms with Gasteiger partial charge in [-0.15, -0.1) is 0 Å². The van der Waals surface area contributed by atoms with Gasteiger partial charge in [0.15, 0.2) is 0 Å². The van der Waals surface area contributed by atoms with Gasteiger partial charge >= 0.3 is 5.97 Å². The van der Waals surface area contributed by atoms with Crippen molar-refractivity contribution in [2.45, 2.75) is 32.2 Å². The van der Waals surface area contributed by atoms with Gasteiger partial charge in [0.2, 0.25) is 5.91 Å². The van der Waals surface area contributed by atoms with E-state index in [1.165, 1.54) is 0 Å².